The van der Waals surface area contributed by atoms with E-state index in [4.69, 9.17) is 8.42 Å². The Balaban J connectivity index is 0.000000336. The van der Waals surface area contributed by atoms with E-state index in [1.807, 2.05) is 0 Å². The Bertz CT molecular complexity index is 421. The van der Waals surface area contributed by atoms with Gasteiger partial charge in [-0.1, -0.05) is 0 Å². The monoisotopic (exact) mass is 344 g/mol. The van der Waals surface area contributed by atoms with Gasteiger partial charge in [0.1, 0.15) is 17.5 Å². The van der Waals surface area contributed by atoms with Crippen molar-refractivity contribution in [1.82, 2.24) is 0 Å². The minimum absolute atomic E-state index is 0.339. The molecule has 0 bridgehead atoms. The highest BCUT2D eigenvalue weighted by Gasteiger charge is 2.06. The molecule has 2 nitrogen and oxygen atoms in total. The van der Waals surface area contributed by atoms with Crippen LogP contribution in [0.15, 0.2) is 16.6 Å². The molecule has 0 saturated carbocycles. The van der Waals surface area contributed by atoms with Gasteiger partial charge in [-0.2, -0.15) is 8.42 Å². The number of hydrogen-bond acceptors (Lipinski definition) is 2. The van der Waals surface area contributed by atoms with Crippen LogP contribution in [0.4, 0.5) is 13.2 Å². The lowest BCUT2D eigenvalue weighted by Gasteiger charge is -1.94. The highest BCUT2D eigenvalue weighted by Crippen LogP contribution is 2.19. The SMILES string of the molecule is Fc1cc(F)c(Br)c(F)c1.O=S(=O)(Cl)Cl. The second-order valence-corrected chi connectivity index (χ2v) is 6.52. The summed E-state index contributed by atoms with van der Waals surface area (Å²) in [5.41, 5.74) is 0. The quantitative estimate of drug-likeness (QED) is 0.409. The van der Waals surface area contributed by atoms with E-state index in [2.05, 4.69) is 37.3 Å². The van der Waals surface area contributed by atoms with Crippen LogP contribution in [-0.4, -0.2) is 8.42 Å². The van der Waals surface area contributed by atoms with Crippen molar-refractivity contribution in [1.29, 1.82) is 0 Å². The van der Waals surface area contributed by atoms with E-state index in [1.54, 1.807) is 0 Å². The second kappa shape index (κ2) is 5.93. The molecule has 0 heterocycles. The molecule has 0 spiro atoms. The molecule has 0 aliphatic carbocycles. The van der Waals surface area contributed by atoms with Crippen LogP contribution < -0.4 is 0 Å². The third kappa shape index (κ3) is 7.89. The van der Waals surface area contributed by atoms with Crippen LogP contribution in [0.2, 0.25) is 0 Å². The third-order valence-electron chi connectivity index (χ3n) is 0.949. The molecule has 0 aliphatic rings. The Hall–Kier alpha value is 0.0200. The van der Waals surface area contributed by atoms with E-state index < -0.39 is 25.7 Å². The van der Waals surface area contributed by atoms with Gasteiger partial charge in [0.2, 0.25) is 0 Å². The van der Waals surface area contributed by atoms with Gasteiger partial charge in [0.05, 0.1) is 4.47 Å². The molecular formula is C6H2BrCl2F3O2S. The topological polar surface area (TPSA) is 34.1 Å². The highest BCUT2D eigenvalue weighted by atomic mass is 79.9. The van der Waals surface area contributed by atoms with Gasteiger partial charge in [0.15, 0.2) is 0 Å². The first kappa shape index (κ1) is 15.0. The summed E-state index contributed by atoms with van der Waals surface area (Å²) in [4.78, 5) is 0. The molecule has 1 aromatic carbocycles. The lowest BCUT2D eigenvalue weighted by Crippen LogP contribution is -1.85. The molecule has 0 fully saturated rings. The fourth-order valence-corrected chi connectivity index (χ4v) is 0.754. The van der Waals surface area contributed by atoms with Crippen molar-refractivity contribution < 1.29 is 21.6 Å². The van der Waals surface area contributed by atoms with Gasteiger partial charge in [-0.15, -0.1) is 0 Å². The highest BCUT2D eigenvalue weighted by molar-refractivity contribution is 9.10. The summed E-state index contributed by atoms with van der Waals surface area (Å²) in [5, 5.41) is 0. The summed E-state index contributed by atoms with van der Waals surface area (Å²) < 4.78 is 54.7. The third-order valence-corrected chi connectivity index (χ3v) is 1.71. The van der Waals surface area contributed by atoms with Crippen molar-refractivity contribution in [3.63, 3.8) is 0 Å². The fourth-order valence-electron chi connectivity index (χ4n) is 0.525. The number of rotatable bonds is 0. The van der Waals surface area contributed by atoms with Gasteiger partial charge in [-0.05, 0) is 15.9 Å². The van der Waals surface area contributed by atoms with Crippen LogP contribution in [-0.2, 0) is 8.26 Å². The normalized spacial score (nSPS) is 10.5. The molecule has 86 valence electrons. The molecule has 1 rings (SSSR count). The van der Waals surface area contributed by atoms with Crippen molar-refractivity contribution >= 4 is 45.6 Å². The van der Waals surface area contributed by atoms with Crippen LogP contribution in [0.1, 0.15) is 0 Å². The first-order valence-electron chi connectivity index (χ1n) is 3.05. The van der Waals surface area contributed by atoms with Crippen molar-refractivity contribution in [2.45, 2.75) is 0 Å². The molecule has 0 atom stereocenters. The van der Waals surface area contributed by atoms with Gasteiger partial charge < -0.3 is 0 Å². The molecule has 0 unspecified atom stereocenters. The Labute approximate surface area is 101 Å². The predicted molar refractivity (Wildman–Crippen MR) is 54.6 cm³/mol. The summed E-state index contributed by atoms with van der Waals surface area (Å²) in [5.74, 6) is -2.78. The van der Waals surface area contributed by atoms with Crippen molar-refractivity contribution in [3.05, 3.63) is 34.1 Å². The first-order valence-corrected chi connectivity index (χ1v) is 6.98. The standard InChI is InChI=1S/C6H2BrF3.Cl2O2S/c7-6-4(9)1-3(8)2-5(6)10;1-5(2,3)4/h1-2H;. The van der Waals surface area contributed by atoms with Crippen LogP contribution in [0.5, 0.6) is 0 Å². The van der Waals surface area contributed by atoms with E-state index in [-0.39, 0.29) is 4.47 Å². The van der Waals surface area contributed by atoms with Gasteiger partial charge >= 0.3 is 8.26 Å². The zero-order chi connectivity index (χ0) is 12.2. The van der Waals surface area contributed by atoms with Crippen molar-refractivity contribution in [3.8, 4) is 0 Å². The van der Waals surface area contributed by atoms with Crippen molar-refractivity contribution in [2.75, 3.05) is 0 Å². The Morgan fingerprint density at radius 1 is 1.07 bits per heavy atom. The molecular weight excluding hydrogens is 344 g/mol. The minimum Gasteiger partial charge on any atom is -0.207 e. The largest absolute Gasteiger partial charge is 0.317 e. The average Bonchev–Trinajstić information content (AvgIpc) is 1.96. The fraction of sp³-hybridized carbons (Fsp3) is 0. The predicted octanol–water partition coefficient (Wildman–Crippen LogP) is 3.58. The van der Waals surface area contributed by atoms with Crippen LogP contribution in [0.3, 0.4) is 0 Å². The summed E-state index contributed by atoms with van der Waals surface area (Å²) >= 11 is 2.60. The summed E-state index contributed by atoms with van der Waals surface area (Å²) in [6, 6.07) is 1.21. The molecule has 15 heavy (non-hydrogen) atoms. The molecule has 1 aromatic rings. The average molecular weight is 346 g/mol. The van der Waals surface area contributed by atoms with Crippen molar-refractivity contribution in [2.24, 2.45) is 0 Å². The maximum Gasteiger partial charge on any atom is 0.317 e. The molecule has 0 aromatic heterocycles. The number of halogens is 6. The molecule has 9 heteroatoms. The molecule has 0 saturated heterocycles. The van der Waals surface area contributed by atoms with Crippen LogP contribution in [0, 0.1) is 17.5 Å². The van der Waals surface area contributed by atoms with Gasteiger partial charge in [-0.25, -0.2) is 13.2 Å². The smallest absolute Gasteiger partial charge is 0.207 e. The Kier molecular flexibility index (Phi) is 5.94. The molecule has 0 amide bonds. The zero-order valence-electron chi connectivity index (χ0n) is 6.65. The lowest BCUT2D eigenvalue weighted by molar-refractivity contribution is 0.535. The summed E-state index contributed by atoms with van der Waals surface area (Å²) in [6.07, 6.45) is 0. The number of hydrogen-bond donors (Lipinski definition) is 0. The van der Waals surface area contributed by atoms with Gasteiger partial charge in [-0.3, -0.25) is 0 Å². The van der Waals surface area contributed by atoms with E-state index in [0.29, 0.717) is 12.1 Å². The summed E-state index contributed by atoms with van der Waals surface area (Å²) in [6.45, 7) is 0. The maximum absolute atomic E-state index is 12.3. The Morgan fingerprint density at radius 2 is 1.33 bits per heavy atom. The lowest BCUT2D eigenvalue weighted by atomic mass is 10.3. The molecule has 0 N–H and O–H groups in total. The Morgan fingerprint density at radius 3 is 1.60 bits per heavy atom. The van der Waals surface area contributed by atoms with E-state index in [1.165, 1.54) is 0 Å². The van der Waals surface area contributed by atoms with Crippen LogP contribution >= 0.6 is 37.3 Å². The second-order valence-electron chi connectivity index (χ2n) is 2.06. The maximum atomic E-state index is 12.3. The van der Waals surface area contributed by atoms with E-state index in [0.717, 1.165) is 0 Å². The summed E-state index contributed by atoms with van der Waals surface area (Å²) in [7, 11) is 4.81. The van der Waals surface area contributed by atoms with Crippen LogP contribution in [0.25, 0.3) is 0 Å². The van der Waals surface area contributed by atoms with Gasteiger partial charge in [0, 0.05) is 33.5 Å². The zero-order valence-corrected chi connectivity index (χ0v) is 10.6. The van der Waals surface area contributed by atoms with E-state index in [9.17, 15) is 13.2 Å². The molecule has 0 aliphatic heterocycles. The van der Waals surface area contributed by atoms with Gasteiger partial charge in [0.25, 0.3) is 0 Å². The first-order chi connectivity index (χ1) is 6.61. The minimum atomic E-state index is -3.72. The van der Waals surface area contributed by atoms with E-state index >= 15 is 0 Å². The molecule has 0 radical (unpaired) electrons. The number of benzene rings is 1.